The number of carbonyl (C=O) groups is 1. The van der Waals surface area contributed by atoms with Crippen LogP contribution in [-0.4, -0.2) is 62.0 Å². The Labute approximate surface area is 142 Å². The number of hydrogen-bond donors (Lipinski definition) is 1. The Morgan fingerprint density at radius 2 is 1.87 bits per heavy atom. The predicted octanol–water partition coefficient (Wildman–Crippen LogP) is 2.22. The highest BCUT2D eigenvalue weighted by molar-refractivity contribution is 5.83. The first kappa shape index (κ1) is 18.5. The molecule has 1 aliphatic heterocycles. The first-order valence-corrected chi connectivity index (χ1v) is 9.05. The molecule has 2 fully saturated rings. The minimum atomic E-state index is 0.113. The van der Waals surface area contributed by atoms with Crippen molar-refractivity contribution >= 4 is 5.91 Å². The molecular formula is C19H35N3O. The van der Waals surface area contributed by atoms with Crippen LogP contribution in [0.2, 0.25) is 0 Å². The van der Waals surface area contributed by atoms with E-state index in [0.29, 0.717) is 11.8 Å². The SMILES string of the molecule is CC(C)=C[C@@H]1[C@@H](C(=O)NC[C@@H](C)CN2CCN(C)CC2)C1(C)C. The van der Waals surface area contributed by atoms with Crippen LogP contribution in [0.4, 0.5) is 0 Å². The largest absolute Gasteiger partial charge is 0.356 e. The highest BCUT2D eigenvalue weighted by atomic mass is 16.2. The number of nitrogens with zero attached hydrogens (tertiary/aromatic N) is 2. The van der Waals surface area contributed by atoms with Crippen LogP contribution in [0.25, 0.3) is 0 Å². The van der Waals surface area contributed by atoms with Crippen molar-refractivity contribution in [1.82, 2.24) is 15.1 Å². The Bertz CT molecular complexity index is 446. The number of allylic oxidation sites excluding steroid dienone is 2. The number of piperazine rings is 1. The van der Waals surface area contributed by atoms with Crippen molar-refractivity contribution in [2.75, 3.05) is 46.3 Å². The highest BCUT2D eigenvalue weighted by Gasteiger charge is 2.60. The van der Waals surface area contributed by atoms with Crippen LogP contribution < -0.4 is 5.32 Å². The lowest BCUT2D eigenvalue weighted by molar-refractivity contribution is -0.123. The van der Waals surface area contributed by atoms with E-state index in [-0.39, 0.29) is 17.2 Å². The first-order valence-electron chi connectivity index (χ1n) is 9.05. The van der Waals surface area contributed by atoms with Crippen LogP contribution in [0.5, 0.6) is 0 Å². The van der Waals surface area contributed by atoms with E-state index in [1.54, 1.807) is 0 Å². The normalized spacial score (nSPS) is 29.0. The van der Waals surface area contributed by atoms with E-state index >= 15 is 0 Å². The molecule has 4 heteroatoms. The van der Waals surface area contributed by atoms with Crippen LogP contribution in [0, 0.1) is 23.2 Å². The molecule has 4 nitrogen and oxygen atoms in total. The number of nitrogens with one attached hydrogen (secondary N) is 1. The lowest BCUT2D eigenvalue weighted by Crippen LogP contribution is -2.47. The molecule has 0 spiro atoms. The third-order valence-electron chi connectivity index (χ3n) is 5.50. The Morgan fingerprint density at radius 1 is 1.26 bits per heavy atom. The number of amides is 1. The van der Waals surface area contributed by atoms with Gasteiger partial charge in [-0.05, 0) is 38.1 Å². The minimum absolute atomic E-state index is 0.113. The molecule has 0 aromatic rings. The number of rotatable bonds is 6. The Hall–Kier alpha value is -0.870. The third kappa shape index (κ3) is 4.80. The molecular weight excluding hydrogens is 286 g/mol. The molecule has 132 valence electrons. The summed E-state index contributed by atoms with van der Waals surface area (Å²) in [7, 11) is 2.18. The molecule has 0 bridgehead atoms. The van der Waals surface area contributed by atoms with Gasteiger partial charge in [0.15, 0.2) is 0 Å². The number of likely N-dealkylation sites (N-methyl/N-ethyl adjacent to an activating group) is 1. The van der Waals surface area contributed by atoms with Gasteiger partial charge in [-0.1, -0.05) is 32.4 Å². The summed E-state index contributed by atoms with van der Waals surface area (Å²) in [5.74, 6) is 1.29. The molecule has 1 N–H and O–H groups in total. The first-order chi connectivity index (χ1) is 10.7. The number of hydrogen-bond acceptors (Lipinski definition) is 3. The summed E-state index contributed by atoms with van der Waals surface area (Å²) in [4.78, 5) is 17.4. The molecule has 2 rings (SSSR count). The van der Waals surface area contributed by atoms with Crippen molar-refractivity contribution in [1.29, 1.82) is 0 Å². The summed E-state index contributed by atoms with van der Waals surface area (Å²) in [5.41, 5.74) is 1.42. The smallest absolute Gasteiger partial charge is 0.224 e. The average molecular weight is 322 g/mol. The summed E-state index contributed by atoms with van der Waals surface area (Å²) in [6.07, 6.45) is 2.26. The van der Waals surface area contributed by atoms with Gasteiger partial charge < -0.3 is 15.1 Å². The lowest BCUT2D eigenvalue weighted by atomic mass is 10.1. The summed E-state index contributed by atoms with van der Waals surface area (Å²) in [6, 6.07) is 0. The predicted molar refractivity (Wildman–Crippen MR) is 96.3 cm³/mol. The second-order valence-electron chi connectivity index (χ2n) is 8.52. The van der Waals surface area contributed by atoms with Crippen molar-refractivity contribution in [3.05, 3.63) is 11.6 Å². The van der Waals surface area contributed by atoms with Gasteiger partial charge in [0, 0.05) is 39.3 Å². The van der Waals surface area contributed by atoms with Gasteiger partial charge in [-0.2, -0.15) is 0 Å². The monoisotopic (exact) mass is 321 g/mol. The van der Waals surface area contributed by atoms with Crippen molar-refractivity contribution < 1.29 is 4.79 Å². The second kappa shape index (κ2) is 7.35. The highest BCUT2D eigenvalue weighted by Crippen LogP contribution is 2.59. The van der Waals surface area contributed by atoms with E-state index in [2.05, 4.69) is 62.9 Å². The Morgan fingerprint density at radius 3 is 2.43 bits per heavy atom. The second-order valence-corrected chi connectivity index (χ2v) is 8.52. The average Bonchev–Trinajstić information content (AvgIpc) is 2.99. The van der Waals surface area contributed by atoms with Gasteiger partial charge in [0.1, 0.15) is 0 Å². The van der Waals surface area contributed by atoms with Crippen molar-refractivity contribution in [3.8, 4) is 0 Å². The van der Waals surface area contributed by atoms with Gasteiger partial charge >= 0.3 is 0 Å². The molecule has 1 saturated heterocycles. The van der Waals surface area contributed by atoms with Gasteiger partial charge in [0.2, 0.25) is 5.91 Å². The van der Waals surface area contributed by atoms with E-state index in [0.717, 1.165) is 39.3 Å². The van der Waals surface area contributed by atoms with E-state index in [4.69, 9.17) is 0 Å². The summed E-state index contributed by atoms with van der Waals surface area (Å²) >= 11 is 0. The fraction of sp³-hybridized carbons (Fsp3) is 0.842. The number of carbonyl (C=O) groups excluding carboxylic acids is 1. The maximum absolute atomic E-state index is 12.5. The maximum atomic E-state index is 12.5. The lowest BCUT2D eigenvalue weighted by Gasteiger charge is -2.34. The van der Waals surface area contributed by atoms with Crippen LogP contribution >= 0.6 is 0 Å². The quantitative estimate of drug-likeness (QED) is 0.762. The van der Waals surface area contributed by atoms with Gasteiger partial charge in [-0.25, -0.2) is 0 Å². The maximum Gasteiger partial charge on any atom is 0.224 e. The Kier molecular flexibility index (Phi) is 5.90. The van der Waals surface area contributed by atoms with Gasteiger partial charge in [0.25, 0.3) is 0 Å². The van der Waals surface area contributed by atoms with Crippen LogP contribution in [0.3, 0.4) is 0 Å². The molecule has 1 amide bonds. The summed E-state index contributed by atoms with van der Waals surface area (Å²) in [6.45, 7) is 17.3. The van der Waals surface area contributed by atoms with Gasteiger partial charge in [0.05, 0.1) is 5.92 Å². The molecule has 3 atom stereocenters. The zero-order valence-corrected chi connectivity index (χ0v) is 15.9. The molecule has 1 heterocycles. The summed E-state index contributed by atoms with van der Waals surface area (Å²) < 4.78 is 0. The van der Waals surface area contributed by atoms with Crippen LogP contribution in [-0.2, 0) is 4.79 Å². The fourth-order valence-electron chi connectivity index (χ4n) is 3.77. The molecule has 0 radical (unpaired) electrons. The van der Waals surface area contributed by atoms with Crippen molar-refractivity contribution in [2.24, 2.45) is 23.2 Å². The molecule has 0 unspecified atom stereocenters. The van der Waals surface area contributed by atoms with E-state index in [9.17, 15) is 4.79 Å². The van der Waals surface area contributed by atoms with Gasteiger partial charge in [-0.15, -0.1) is 0 Å². The Balaban J connectivity index is 1.73. The molecule has 1 saturated carbocycles. The molecule has 23 heavy (non-hydrogen) atoms. The van der Waals surface area contributed by atoms with Crippen LogP contribution in [0.1, 0.15) is 34.6 Å². The van der Waals surface area contributed by atoms with Crippen LogP contribution in [0.15, 0.2) is 11.6 Å². The van der Waals surface area contributed by atoms with Gasteiger partial charge in [-0.3, -0.25) is 4.79 Å². The zero-order valence-electron chi connectivity index (χ0n) is 15.9. The third-order valence-corrected chi connectivity index (χ3v) is 5.50. The van der Waals surface area contributed by atoms with E-state index in [1.165, 1.54) is 5.57 Å². The topological polar surface area (TPSA) is 35.6 Å². The minimum Gasteiger partial charge on any atom is -0.356 e. The standard InChI is InChI=1S/C19H35N3O/c1-14(2)11-16-17(19(16,4)5)18(23)20-12-15(3)13-22-9-7-21(6)8-10-22/h11,15-17H,7-10,12-13H2,1-6H3,(H,20,23)/t15-,16-,17+/m1/s1. The molecule has 0 aromatic carbocycles. The fourth-order valence-corrected chi connectivity index (χ4v) is 3.77. The van der Waals surface area contributed by atoms with E-state index in [1.807, 2.05) is 0 Å². The zero-order chi connectivity index (χ0) is 17.2. The van der Waals surface area contributed by atoms with E-state index < -0.39 is 0 Å². The molecule has 0 aromatic heterocycles. The molecule has 2 aliphatic rings. The summed E-state index contributed by atoms with van der Waals surface area (Å²) in [5, 5.41) is 3.20. The van der Waals surface area contributed by atoms with Crippen molar-refractivity contribution in [2.45, 2.75) is 34.6 Å². The van der Waals surface area contributed by atoms with Crippen molar-refractivity contribution in [3.63, 3.8) is 0 Å². The molecule has 1 aliphatic carbocycles.